The maximum Gasteiger partial charge on any atom is 0.298 e. The Morgan fingerprint density at radius 2 is 1.53 bits per heavy atom. The van der Waals surface area contributed by atoms with Crippen LogP contribution in [-0.2, 0) is 15.0 Å². The molecule has 9 rings (SSSR count). The van der Waals surface area contributed by atoms with E-state index in [4.69, 9.17) is 9.73 Å². The van der Waals surface area contributed by atoms with E-state index < -0.39 is 22.2 Å². The number of carbonyl (C=O) groups excluding carboxylic acids is 2. The number of ether oxygens (including phenoxy) is 1. The third-order valence-corrected chi connectivity index (χ3v) is 9.55. The quantitative estimate of drug-likeness (QED) is 0.0905. The van der Waals surface area contributed by atoms with Gasteiger partial charge in [-0.3, -0.25) is 24.7 Å². The van der Waals surface area contributed by atoms with Crippen LogP contribution >= 0.6 is 0 Å². The first-order valence-electron chi connectivity index (χ1n) is 15.0. The molecule has 5 aromatic rings. The lowest BCUT2D eigenvalue weighted by molar-refractivity contribution is -0.384. The van der Waals surface area contributed by atoms with Gasteiger partial charge in [0.1, 0.15) is 11.4 Å². The van der Waals surface area contributed by atoms with Crippen LogP contribution in [-0.4, -0.2) is 29.6 Å². The lowest BCUT2D eigenvalue weighted by Gasteiger charge is -2.52. The third kappa shape index (κ3) is 3.68. The molecule has 2 bridgehead atoms. The second-order valence-electron chi connectivity index (χ2n) is 11.6. The minimum atomic E-state index is -1.15. The number of aliphatic imine (C=N–C) groups is 1. The van der Waals surface area contributed by atoms with E-state index in [1.807, 2.05) is 97.9 Å². The normalized spacial score (nSPS) is 22.9. The lowest BCUT2D eigenvalue weighted by atomic mass is 9.47. The number of amides is 2. The molecule has 2 amide bonds. The van der Waals surface area contributed by atoms with E-state index >= 15 is 0 Å². The molecular weight excluding hydrogens is 566 g/mol. The van der Waals surface area contributed by atoms with E-state index in [0.29, 0.717) is 18.0 Å². The van der Waals surface area contributed by atoms with Gasteiger partial charge in [0.2, 0.25) is 11.8 Å². The zero-order valence-electron chi connectivity index (χ0n) is 24.3. The number of hydrogen-bond donors (Lipinski definition) is 0. The summed E-state index contributed by atoms with van der Waals surface area (Å²) < 4.78 is 5.51. The largest absolute Gasteiger partial charge is 0.494 e. The van der Waals surface area contributed by atoms with Gasteiger partial charge in [-0.25, -0.2) is 4.90 Å². The number of anilines is 1. The van der Waals surface area contributed by atoms with Crippen LogP contribution in [0.4, 0.5) is 17.1 Å². The average molecular weight is 594 g/mol. The highest BCUT2D eigenvalue weighted by Crippen LogP contribution is 2.64. The predicted molar refractivity (Wildman–Crippen MR) is 171 cm³/mol. The molecule has 1 aliphatic heterocycles. The monoisotopic (exact) mass is 593 g/mol. The fraction of sp³-hybridized carbons (Fsp3) is 0.162. The zero-order valence-corrected chi connectivity index (χ0v) is 24.3. The molecule has 8 heteroatoms. The van der Waals surface area contributed by atoms with Gasteiger partial charge in [0, 0.05) is 17.5 Å². The summed E-state index contributed by atoms with van der Waals surface area (Å²) in [6.45, 7) is 2.17. The van der Waals surface area contributed by atoms with Gasteiger partial charge in [0.15, 0.2) is 0 Å². The first kappa shape index (κ1) is 27.0. The standard InChI is InChI=1S/C37H27N3O5/c1-2-45-23-18-19-29(31(20-23)40(43)44)38-21-37-27-15-7-5-13-25(27)32(26-14-6-8-16-28(26)37)33-34(37)36(42)39(35(33)41)30-17-9-11-22-10-3-4-12-24(22)30/h3-21,32-34H,2H2,1H3/t32?,33-,34+,37?/m0/s1. The molecule has 220 valence electrons. The number of benzene rings is 5. The highest BCUT2D eigenvalue weighted by molar-refractivity contribution is 6.27. The summed E-state index contributed by atoms with van der Waals surface area (Å²) >= 11 is 0. The van der Waals surface area contributed by atoms with E-state index in [-0.39, 0.29) is 29.1 Å². The van der Waals surface area contributed by atoms with Crippen molar-refractivity contribution in [3.05, 3.63) is 142 Å². The molecule has 0 aromatic heterocycles. The smallest absolute Gasteiger partial charge is 0.298 e. The first-order chi connectivity index (χ1) is 22.0. The molecule has 1 fully saturated rings. The van der Waals surface area contributed by atoms with Crippen molar-refractivity contribution < 1.29 is 19.2 Å². The van der Waals surface area contributed by atoms with Crippen molar-refractivity contribution in [1.82, 2.24) is 0 Å². The van der Waals surface area contributed by atoms with Crippen molar-refractivity contribution in [2.45, 2.75) is 18.3 Å². The molecule has 0 saturated carbocycles. The Kier molecular flexibility index (Phi) is 5.96. The number of nitro benzene ring substituents is 1. The predicted octanol–water partition coefficient (Wildman–Crippen LogP) is 7.10. The number of hydrogen-bond acceptors (Lipinski definition) is 6. The minimum Gasteiger partial charge on any atom is -0.494 e. The van der Waals surface area contributed by atoms with E-state index in [9.17, 15) is 19.7 Å². The molecule has 3 aliphatic carbocycles. The van der Waals surface area contributed by atoms with Gasteiger partial charge in [0.25, 0.3) is 5.69 Å². The van der Waals surface area contributed by atoms with Gasteiger partial charge >= 0.3 is 0 Å². The molecule has 1 saturated heterocycles. The first-order valence-corrected chi connectivity index (χ1v) is 15.0. The molecule has 0 N–H and O–H groups in total. The number of rotatable bonds is 6. The van der Waals surface area contributed by atoms with Crippen LogP contribution in [0.5, 0.6) is 5.75 Å². The Morgan fingerprint density at radius 1 is 0.867 bits per heavy atom. The van der Waals surface area contributed by atoms with Crippen molar-refractivity contribution in [3.8, 4) is 5.75 Å². The molecule has 5 aromatic carbocycles. The molecule has 4 aliphatic rings. The van der Waals surface area contributed by atoms with E-state index in [0.717, 1.165) is 33.0 Å². The SMILES string of the molecule is CCOc1ccc(N=CC23c4ccccc4C(c4ccccc42)[C@@H]2C(=O)N(c4cccc5ccccc45)C(=O)[C@@H]23)c([N+](=O)[O-])c1. The fourth-order valence-corrected chi connectivity index (χ4v) is 7.88. The van der Waals surface area contributed by atoms with Gasteiger partial charge in [-0.05, 0) is 52.8 Å². The topological polar surface area (TPSA) is 102 Å². The molecule has 45 heavy (non-hydrogen) atoms. The van der Waals surface area contributed by atoms with Gasteiger partial charge < -0.3 is 4.74 Å². The zero-order chi connectivity index (χ0) is 30.9. The second kappa shape index (κ2) is 9.95. The maximum absolute atomic E-state index is 14.8. The van der Waals surface area contributed by atoms with Crippen molar-refractivity contribution in [1.29, 1.82) is 0 Å². The van der Waals surface area contributed by atoms with Crippen LogP contribution < -0.4 is 9.64 Å². The number of carbonyl (C=O) groups is 2. The Morgan fingerprint density at radius 3 is 2.24 bits per heavy atom. The van der Waals surface area contributed by atoms with Crippen LogP contribution in [0.1, 0.15) is 35.1 Å². The van der Waals surface area contributed by atoms with Crippen molar-refractivity contribution in [2.24, 2.45) is 16.8 Å². The highest BCUT2D eigenvalue weighted by atomic mass is 16.6. The molecular formula is C37H27N3O5. The summed E-state index contributed by atoms with van der Waals surface area (Å²) in [7, 11) is 0. The summed E-state index contributed by atoms with van der Waals surface area (Å²) in [5.74, 6) is -1.98. The van der Waals surface area contributed by atoms with E-state index in [1.165, 1.54) is 11.0 Å². The Bertz CT molecular complexity index is 2050. The molecule has 8 nitrogen and oxygen atoms in total. The summed E-state index contributed by atoms with van der Waals surface area (Å²) in [5, 5.41) is 13.9. The minimum absolute atomic E-state index is 0.139. The number of fused-ring (bicyclic) bond motifs is 1. The van der Waals surface area contributed by atoms with Crippen LogP contribution in [0.15, 0.2) is 114 Å². The number of nitrogens with zero attached hydrogens (tertiary/aromatic N) is 3. The van der Waals surface area contributed by atoms with Gasteiger partial charge in [-0.1, -0.05) is 84.9 Å². The number of imide groups is 1. The Balaban J connectivity index is 1.37. The van der Waals surface area contributed by atoms with Crippen LogP contribution in [0.3, 0.4) is 0 Å². The molecule has 2 atom stereocenters. The highest BCUT2D eigenvalue weighted by Gasteiger charge is 2.68. The summed E-state index contributed by atoms with van der Waals surface area (Å²) in [6, 6.07) is 33.7. The van der Waals surface area contributed by atoms with Gasteiger partial charge in [0.05, 0.1) is 40.5 Å². The molecule has 0 spiro atoms. The van der Waals surface area contributed by atoms with Crippen LogP contribution in [0.25, 0.3) is 10.8 Å². The molecule has 0 unspecified atom stereocenters. The van der Waals surface area contributed by atoms with E-state index in [2.05, 4.69) is 0 Å². The van der Waals surface area contributed by atoms with Crippen molar-refractivity contribution in [2.75, 3.05) is 11.5 Å². The van der Waals surface area contributed by atoms with Crippen LogP contribution in [0, 0.1) is 22.0 Å². The average Bonchev–Trinajstić information content (AvgIpc) is 3.34. The summed E-state index contributed by atoms with van der Waals surface area (Å²) in [6.07, 6.45) is 1.68. The van der Waals surface area contributed by atoms with Crippen molar-refractivity contribution in [3.63, 3.8) is 0 Å². The molecule has 0 radical (unpaired) electrons. The second-order valence-corrected chi connectivity index (χ2v) is 11.6. The van der Waals surface area contributed by atoms with Crippen molar-refractivity contribution >= 4 is 45.9 Å². The van der Waals surface area contributed by atoms with Gasteiger partial charge in [-0.15, -0.1) is 0 Å². The third-order valence-electron chi connectivity index (χ3n) is 9.55. The Labute approximate surface area is 258 Å². The lowest BCUT2D eigenvalue weighted by Crippen LogP contribution is -2.54. The Hall–Kier alpha value is -5.63. The maximum atomic E-state index is 14.8. The number of nitro groups is 1. The summed E-state index contributed by atoms with van der Waals surface area (Å²) in [4.78, 5) is 47.3. The molecule has 1 heterocycles. The summed E-state index contributed by atoms with van der Waals surface area (Å²) in [5.41, 5.74) is 3.03. The van der Waals surface area contributed by atoms with Gasteiger partial charge in [-0.2, -0.15) is 0 Å². The van der Waals surface area contributed by atoms with E-state index in [1.54, 1.807) is 18.3 Å². The van der Waals surface area contributed by atoms with Crippen LogP contribution in [0.2, 0.25) is 0 Å². The fourth-order valence-electron chi connectivity index (χ4n) is 7.88.